The average Bonchev–Trinajstić information content (AvgIpc) is 2.61. The van der Waals surface area contributed by atoms with Gasteiger partial charge in [0, 0.05) is 20.2 Å². The molecule has 0 unspecified atom stereocenters. The Kier molecular flexibility index (Phi) is 3.51. The predicted octanol–water partition coefficient (Wildman–Crippen LogP) is 7.34. The van der Waals surface area contributed by atoms with Gasteiger partial charge in [-0.15, -0.1) is 11.3 Å². The standard InChI is InChI=1S/C22H12Cl2OS/c1-11-2-3-20-16(4-11)22(25)17-7-12-5-13-8-18(23)19(24)9-14(13)6-15(12)10-21(17)26-20/h2-10H,1H3. The van der Waals surface area contributed by atoms with Crippen LogP contribution in [-0.2, 0) is 0 Å². The molecular weight excluding hydrogens is 383 g/mol. The zero-order valence-electron chi connectivity index (χ0n) is 13.8. The third kappa shape index (κ3) is 2.41. The number of aryl methyl sites for hydroxylation is 1. The van der Waals surface area contributed by atoms with Crippen molar-refractivity contribution < 1.29 is 0 Å². The van der Waals surface area contributed by atoms with Crippen molar-refractivity contribution in [3.05, 3.63) is 80.4 Å². The van der Waals surface area contributed by atoms with Gasteiger partial charge >= 0.3 is 0 Å². The fourth-order valence-corrected chi connectivity index (χ4v) is 4.89. The highest BCUT2D eigenvalue weighted by molar-refractivity contribution is 7.24. The van der Waals surface area contributed by atoms with Crippen LogP contribution in [0.5, 0.6) is 0 Å². The van der Waals surface area contributed by atoms with Crippen LogP contribution in [0.15, 0.2) is 59.4 Å². The Morgan fingerprint density at radius 2 is 1.27 bits per heavy atom. The number of hydrogen-bond donors (Lipinski definition) is 0. The van der Waals surface area contributed by atoms with Crippen LogP contribution < -0.4 is 5.43 Å². The third-order valence-corrected chi connectivity index (χ3v) is 6.63. The second-order valence-corrected chi connectivity index (χ2v) is 8.49. The van der Waals surface area contributed by atoms with Gasteiger partial charge in [-0.05, 0) is 77.0 Å². The summed E-state index contributed by atoms with van der Waals surface area (Å²) < 4.78 is 2.02. The molecule has 0 fully saturated rings. The van der Waals surface area contributed by atoms with Gasteiger partial charge in [-0.2, -0.15) is 0 Å². The summed E-state index contributed by atoms with van der Waals surface area (Å²) >= 11 is 14.0. The number of rotatable bonds is 0. The molecule has 5 aromatic rings. The summed E-state index contributed by atoms with van der Waals surface area (Å²) in [6, 6.07) is 18.1. The van der Waals surface area contributed by atoms with E-state index in [4.69, 9.17) is 23.2 Å². The average molecular weight is 395 g/mol. The van der Waals surface area contributed by atoms with E-state index in [1.807, 2.05) is 43.3 Å². The van der Waals surface area contributed by atoms with Crippen molar-refractivity contribution in [3.63, 3.8) is 0 Å². The van der Waals surface area contributed by atoms with Crippen molar-refractivity contribution in [1.82, 2.24) is 0 Å². The van der Waals surface area contributed by atoms with Gasteiger partial charge in [0.25, 0.3) is 0 Å². The smallest absolute Gasteiger partial charge is 0.195 e. The molecular formula is C22H12Cl2OS. The van der Waals surface area contributed by atoms with Gasteiger partial charge in [-0.1, -0.05) is 34.8 Å². The lowest BCUT2D eigenvalue weighted by atomic mass is 10.0. The molecule has 0 radical (unpaired) electrons. The molecule has 0 atom stereocenters. The number of halogens is 2. The van der Waals surface area contributed by atoms with E-state index in [9.17, 15) is 4.79 Å². The molecule has 0 N–H and O–H groups in total. The summed E-state index contributed by atoms with van der Waals surface area (Å²) in [5.74, 6) is 0. The maximum atomic E-state index is 13.0. The summed E-state index contributed by atoms with van der Waals surface area (Å²) in [6.45, 7) is 2.01. The van der Waals surface area contributed by atoms with Crippen LogP contribution in [0.3, 0.4) is 0 Å². The summed E-state index contributed by atoms with van der Waals surface area (Å²) in [7, 11) is 0. The van der Waals surface area contributed by atoms with Gasteiger partial charge in [0.05, 0.1) is 10.0 Å². The molecule has 4 aromatic carbocycles. The van der Waals surface area contributed by atoms with Gasteiger partial charge in [0.15, 0.2) is 5.43 Å². The molecule has 1 heterocycles. The van der Waals surface area contributed by atoms with E-state index in [1.54, 1.807) is 11.3 Å². The fourth-order valence-electron chi connectivity index (χ4n) is 3.46. The van der Waals surface area contributed by atoms with Crippen molar-refractivity contribution in [1.29, 1.82) is 0 Å². The Balaban J connectivity index is 1.93. The Labute approximate surface area is 163 Å². The van der Waals surface area contributed by atoms with E-state index in [1.165, 1.54) is 0 Å². The number of hydrogen-bond acceptors (Lipinski definition) is 2. The molecule has 0 saturated carbocycles. The van der Waals surface area contributed by atoms with Gasteiger partial charge < -0.3 is 0 Å². The van der Waals surface area contributed by atoms with Gasteiger partial charge in [0.2, 0.25) is 0 Å². The molecule has 1 nitrogen and oxygen atoms in total. The fraction of sp³-hybridized carbons (Fsp3) is 0.0455. The van der Waals surface area contributed by atoms with Crippen LogP contribution in [0.4, 0.5) is 0 Å². The van der Waals surface area contributed by atoms with E-state index in [-0.39, 0.29) is 5.43 Å². The van der Waals surface area contributed by atoms with Gasteiger partial charge in [-0.25, -0.2) is 0 Å². The quantitative estimate of drug-likeness (QED) is 0.251. The second kappa shape index (κ2) is 5.68. The Hall–Kier alpha value is -2.13. The van der Waals surface area contributed by atoms with E-state index < -0.39 is 0 Å². The van der Waals surface area contributed by atoms with E-state index in [2.05, 4.69) is 18.2 Å². The Bertz CT molecular complexity index is 1430. The summed E-state index contributed by atoms with van der Waals surface area (Å²) in [5.41, 5.74) is 1.19. The molecule has 5 rings (SSSR count). The zero-order chi connectivity index (χ0) is 18.0. The number of benzene rings is 4. The SMILES string of the molecule is Cc1ccc2sc3cc4cc5cc(Cl)c(Cl)cc5cc4cc3c(=O)c2c1. The largest absolute Gasteiger partial charge is 0.289 e. The normalized spacial score (nSPS) is 11.8. The van der Waals surface area contributed by atoms with Crippen LogP contribution in [0, 0.1) is 6.92 Å². The van der Waals surface area contributed by atoms with Crippen molar-refractivity contribution in [3.8, 4) is 0 Å². The maximum absolute atomic E-state index is 13.0. The van der Waals surface area contributed by atoms with Crippen LogP contribution in [0.25, 0.3) is 41.7 Å². The van der Waals surface area contributed by atoms with Crippen LogP contribution >= 0.6 is 34.5 Å². The van der Waals surface area contributed by atoms with E-state index >= 15 is 0 Å². The molecule has 0 aliphatic carbocycles. The minimum absolute atomic E-state index is 0.0913. The van der Waals surface area contributed by atoms with E-state index in [0.29, 0.717) is 10.0 Å². The van der Waals surface area contributed by atoms with Crippen LogP contribution in [0.1, 0.15) is 5.56 Å². The Morgan fingerprint density at radius 3 is 1.96 bits per heavy atom. The Morgan fingerprint density at radius 1 is 0.692 bits per heavy atom. The number of fused-ring (bicyclic) bond motifs is 4. The molecule has 0 aliphatic heterocycles. The summed E-state index contributed by atoms with van der Waals surface area (Å²) in [5, 5.41) is 6.80. The zero-order valence-corrected chi connectivity index (χ0v) is 16.1. The molecule has 0 aliphatic rings. The first-order valence-corrected chi connectivity index (χ1v) is 9.76. The lowest BCUT2D eigenvalue weighted by Gasteiger charge is -2.07. The molecule has 0 amide bonds. The lowest BCUT2D eigenvalue weighted by molar-refractivity contribution is 1.51. The molecule has 1 aromatic heterocycles. The minimum Gasteiger partial charge on any atom is -0.289 e. The first-order valence-electron chi connectivity index (χ1n) is 8.19. The molecule has 4 heteroatoms. The molecule has 126 valence electrons. The highest BCUT2D eigenvalue weighted by Gasteiger charge is 2.09. The van der Waals surface area contributed by atoms with Crippen molar-refractivity contribution >= 4 is 76.3 Å². The lowest BCUT2D eigenvalue weighted by Crippen LogP contribution is -2.01. The highest BCUT2D eigenvalue weighted by Crippen LogP contribution is 2.34. The maximum Gasteiger partial charge on any atom is 0.195 e. The predicted molar refractivity (Wildman–Crippen MR) is 115 cm³/mol. The first kappa shape index (κ1) is 16.1. The first-order chi connectivity index (χ1) is 12.5. The molecule has 0 bridgehead atoms. The van der Waals surface area contributed by atoms with E-state index in [0.717, 1.165) is 47.3 Å². The van der Waals surface area contributed by atoms with Crippen LogP contribution in [0.2, 0.25) is 10.0 Å². The molecule has 26 heavy (non-hydrogen) atoms. The molecule has 0 spiro atoms. The molecule has 0 saturated heterocycles. The topological polar surface area (TPSA) is 17.1 Å². The van der Waals surface area contributed by atoms with Crippen molar-refractivity contribution in [2.45, 2.75) is 6.92 Å². The highest BCUT2D eigenvalue weighted by atomic mass is 35.5. The summed E-state index contributed by atoms with van der Waals surface area (Å²) in [6.07, 6.45) is 0. The third-order valence-electron chi connectivity index (χ3n) is 4.78. The van der Waals surface area contributed by atoms with Gasteiger partial charge in [-0.3, -0.25) is 4.79 Å². The minimum atomic E-state index is 0.0913. The van der Waals surface area contributed by atoms with Gasteiger partial charge in [0.1, 0.15) is 0 Å². The summed E-state index contributed by atoms with van der Waals surface area (Å²) in [4.78, 5) is 13.0. The van der Waals surface area contributed by atoms with Crippen molar-refractivity contribution in [2.75, 3.05) is 0 Å². The second-order valence-electron chi connectivity index (χ2n) is 6.59. The monoisotopic (exact) mass is 394 g/mol. The van der Waals surface area contributed by atoms with Crippen LogP contribution in [-0.4, -0.2) is 0 Å². The van der Waals surface area contributed by atoms with Crippen molar-refractivity contribution in [2.24, 2.45) is 0 Å².